The number of hydrogen-bond acceptors (Lipinski definition) is 3. The zero-order valence-corrected chi connectivity index (χ0v) is 11.9. The molecule has 18 heavy (non-hydrogen) atoms. The van der Waals surface area contributed by atoms with Crippen LogP contribution in [0.4, 0.5) is 4.79 Å². The SMILES string of the molecule is CC1CCCCN1C(=O)N(C)C1CCS(=O)(=O)C1. The molecule has 0 aromatic heterocycles. The highest BCUT2D eigenvalue weighted by Crippen LogP contribution is 2.22. The lowest BCUT2D eigenvalue weighted by Gasteiger charge is -2.37. The highest BCUT2D eigenvalue weighted by molar-refractivity contribution is 7.91. The third kappa shape index (κ3) is 2.79. The number of nitrogens with zero attached hydrogens (tertiary/aromatic N) is 2. The van der Waals surface area contributed by atoms with Gasteiger partial charge in [0.2, 0.25) is 0 Å². The van der Waals surface area contributed by atoms with Crippen molar-refractivity contribution in [2.45, 2.75) is 44.7 Å². The number of piperidine rings is 1. The Morgan fingerprint density at radius 3 is 2.56 bits per heavy atom. The van der Waals surface area contributed by atoms with Gasteiger partial charge in [-0.2, -0.15) is 0 Å². The quantitative estimate of drug-likeness (QED) is 0.719. The van der Waals surface area contributed by atoms with Crippen LogP contribution in [0.5, 0.6) is 0 Å². The molecule has 6 heteroatoms. The van der Waals surface area contributed by atoms with Gasteiger partial charge in [0.05, 0.1) is 11.5 Å². The summed E-state index contributed by atoms with van der Waals surface area (Å²) >= 11 is 0. The lowest BCUT2D eigenvalue weighted by atomic mass is 10.0. The average molecular weight is 274 g/mol. The molecule has 0 radical (unpaired) electrons. The third-order valence-corrected chi connectivity index (χ3v) is 5.86. The van der Waals surface area contributed by atoms with Crippen LogP contribution in [-0.4, -0.2) is 61.4 Å². The molecular weight excluding hydrogens is 252 g/mol. The summed E-state index contributed by atoms with van der Waals surface area (Å²) in [5.74, 6) is 0.336. The molecule has 0 aliphatic carbocycles. The highest BCUT2D eigenvalue weighted by atomic mass is 32.2. The van der Waals surface area contributed by atoms with Gasteiger partial charge in [-0.1, -0.05) is 0 Å². The van der Waals surface area contributed by atoms with Gasteiger partial charge >= 0.3 is 6.03 Å². The summed E-state index contributed by atoms with van der Waals surface area (Å²) in [6.07, 6.45) is 3.84. The van der Waals surface area contributed by atoms with E-state index in [0.29, 0.717) is 6.42 Å². The molecule has 2 aliphatic rings. The molecule has 0 aromatic rings. The molecule has 104 valence electrons. The number of urea groups is 1. The molecule has 0 N–H and O–H groups in total. The standard InChI is InChI=1S/C12H22N2O3S/c1-10-5-3-4-7-14(10)12(15)13(2)11-6-8-18(16,17)9-11/h10-11H,3-9H2,1-2H3. The molecule has 2 heterocycles. The van der Waals surface area contributed by atoms with Gasteiger partial charge in [-0.25, -0.2) is 13.2 Å². The number of amides is 2. The lowest BCUT2D eigenvalue weighted by Crippen LogP contribution is -2.51. The van der Waals surface area contributed by atoms with Gasteiger partial charge < -0.3 is 9.80 Å². The molecule has 2 unspecified atom stereocenters. The number of carbonyl (C=O) groups excluding carboxylic acids is 1. The topological polar surface area (TPSA) is 57.7 Å². The van der Waals surface area contributed by atoms with E-state index in [2.05, 4.69) is 6.92 Å². The Labute approximate surface area is 109 Å². The normalized spacial score (nSPS) is 31.3. The van der Waals surface area contributed by atoms with Crippen LogP contribution < -0.4 is 0 Å². The van der Waals surface area contributed by atoms with Crippen LogP contribution in [-0.2, 0) is 9.84 Å². The third-order valence-electron chi connectivity index (χ3n) is 4.11. The van der Waals surface area contributed by atoms with Crippen molar-refractivity contribution in [1.82, 2.24) is 9.80 Å². The van der Waals surface area contributed by atoms with Gasteiger partial charge in [0.25, 0.3) is 0 Å². The number of sulfone groups is 1. The number of carbonyl (C=O) groups is 1. The molecule has 2 saturated heterocycles. The first-order valence-corrected chi connectivity index (χ1v) is 8.47. The zero-order chi connectivity index (χ0) is 13.3. The second kappa shape index (κ2) is 5.07. The molecular formula is C12H22N2O3S. The molecule has 2 rings (SSSR count). The van der Waals surface area contributed by atoms with Gasteiger partial charge in [-0.15, -0.1) is 0 Å². The fraction of sp³-hybridized carbons (Fsp3) is 0.917. The Balaban J connectivity index is 2.00. The summed E-state index contributed by atoms with van der Waals surface area (Å²) in [7, 11) is -1.20. The Morgan fingerprint density at radius 2 is 2.00 bits per heavy atom. The second-order valence-electron chi connectivity index (χ2n) is 5.49. The Bertz CT molecular complexity index is 421. The van der Waals surface area contributed by atoms with Gasteiger partial charge in [-0.3, -0.25) is 0 Å². The predicted molar refractivity (Wildman–Crippen MR) is 70.2 cm³/mol. The maximum atomic E-state index is 12.4. The zero-order valence-electron chi connectivity index (χ0n) is 11.1. The van der Waals surface area contributed by atoms with E-state index in [-0.39, 0.29) is 29.6 Å². The van der Waals surface area contributed by atoms with Crippen molar-refractivity contribution in [3.05, 3.63) is 0 Å². The summed E-state index contributed by atoms with van der Waals surface area (Å²) in [5.41, 5.74) is 0. The fourth-order valence-corrected chi connectivity index (χ4v) is 4.60. The van der Waals surface area contributed by atoms with Crippen molar-refractivity contribution in [1.29, 1.82) is 0 Å². The largest absolute Gasteiger partial charge is 0.324 e. The second-order valence-corrected chi connectivity index (χ2v) is 7.72. The van der Waals surface area contributed by atoms with Crippen LogP contribution in [0.1, 0.15) is 32.6 Å². The molecule has 0 saturated carbocycles. The summed E-state index contributed by atoms with van der Waals surface area (Å²) in [5, 5.41) is 0. The van der Waals surface area contributed by atoms with E-state index in [1.54, 1.807) is 11.9 Å². The summed E-state index contributed by atoms with van der Waals surface area (Å²) in [6.45, 7) is 2.86. The van der Waals surface area contributed by atoms with Gasteiger partial charge in [0.15, 0.2) is 9.84 Å². The molecule has 2 amide bonds. The van der Waals surface area contributed by atoms with Crippen molar-refractivity contribution < 1.29 is 13.2 Å². The summed E-state index contributed by atoms with van der Waals surface area (Å²) < 4.78 is 22.9. The molecule has 5 nitrogen and oxygen atoms in total. The number of rotatable bonds is 1. The van der Waals surface area contributed by atoms with Crippen LogP contribution >= 0.6 is 0 Å². The minimum Gasteiger partial charge on any atom is -0.324 e. The van der Waals surface area contributed by atoms with Crippen molar-refractivity contribution in [2.75, 3.05) is 25.1 Å². The lowest BCUT2D eigenvalue weighted by molar-refractivity contribution is 0.119. The smallest absolute Gasteiger partial charge is 0.320 e. The maximum Gasteiger partial charge on any atom is 0.320 e. The number of likely N-dealkylation sites (tertiary alicyclic amines) is 1. The minimum atomic E-state index is -2.93. The van der Waals surface area contributed by atoms with Crippen molar-refractivity contribution in [2.24, 2.45) is 0 Å². The number of hydrogen-bond donors (Lipinski definition) is 0. The maximum absolute atomic E-state index is 12.4. The van der Waals surface area contributed by atoms with Crippen LogP contribution in [0.2, 0.25) is 0 Å². The van der Waals surface area contributed by atoms with E-state index in [1.807, 2.05) is 4.90 Å². The molecule has 0 spiro atoms. The Kier molecular flexibility index (Phi) is 3.84. The van der Waals surface area contributed by atoms with Crippen LogP contribution in [0, 0.1) is 0 Å². The van der Waals surface area contributed by atoms with E-state index in [0.717, 1.165) is 19.4 Å². The van der Waals surface area contributed by atoms with E-state index >= 15 is 0 Å². The highest BCUT2D eigenvalue weighted by Gasteiger charge is 2.35. The molecule has 2 aliphatic heterocycles. The first kappa shape index (κ1) is 13.6. The van der Waals surface area contributed by atoms with Gasteiger partial charge in [0.1, 0.15) is 0 Å². The van der Waals surface area contributed by atoms with E-state index in [4.69, 9.17) is 0 Å². The first-order valence-electron chi connectivity index (χ1n) is 6.64. The first-order chi connectivity index (χ1) is 8.41. The summed E-state index contributed by atoms with van der Waals surface area (Å²) in [4.78, 5) is 15.9. The van der Waals surface area contributed by atoms with Crippen LogP contribution in [0.25, 0.3) is 0 Å². The predicted octanol–water partition coefficient (Wildman–Crippen LogP) is 1.10. The van der Waals surface area contributed by atoms with E-state index in [9.17, 15) is 13.2 Å². The Morgan fingerprint density at radius 1 is 1.28 bits per heavy atom. The monoisotopic (exact) mass is 274 g/mol. The molecule has 0 aromatic carbocycles. The van der Waals surface area contributed by atoms with E-state index < -0.39 is 9.84 Å². The fourth-order valence-electron chi connectivity index (χ4n) is 2.82. The van der Waals surface area contributed by atoms with Gasteiger partial charge in [-0.05, 0) is 32.6 Å². The van der Waals surface area contributed by atoms with Crippen molar-refractivity contribution in [3.63, 3.8) is 0 Å². The van der Waals surface area contributed by atoms with Crippen LogP contribution in [0.15, 0.2) is 0 Å². The molecule has 0 bridgehead atoms. The molecule has 2 atom stereocenters. The van der Waals surface area contributed by atoms with Crippen molar-refractivity contribution in [3.8, 4) is 0 Å². The van der Waals surface area contributed by atoms with Crippen LogP contribution in [0.3, 0.4) is 0 Å². The average Bonchev–Trinajstić information content (AvgIpc) is 2.68. The summed E-state index contributed by atoms with van der Waals surface area (Å²) in [6, 6.07) is 0.118. The Hall–Kier alpha value is -0.780. The molecule has 2 fully saturated rings. The van der Waals surface area contributed by atoms with Crippen molar-refractivity contribution >= 4 is 15.9 Å². The van der Waals surface area contributed by atoms with Gasteiger partial charge in [0, 0.05) is 25.7 Å². The van der Waals surface area contributed by atoms with E-state index in [1.165, 1.54) is 6.42 Å². The minimum absolute atomic E-state index is 0.00991.